The van der Waals surface area contributed by atoms with Crippen LogP contribution in [0.15, 0.2) is 24.3 Å². The van der Waals surface area contributed by atoms with Gasteiger partial charge in [0.15, 0.2) is 11.5 Å². The third-order valence-corrected chi connectivity index (χ3v) is 3.63. The van der Waals surface area contributed by atoms with Crippen LogP contribution in [-0.4, -0.2) is 26.8 Å². The molecule has 104 valence electrons. The summed E-state index contributed by atoms with van der Waals surface area (Å²) in [5.74, 6) is 2.35. The zero-order valence-corrected chi connectivity index (χ0v) is 12.0. The van der Waals surface area contributed by atoms with Crippen LogP contribution in [0.5, 0.6) is 11.5 Å². The Bertz CT molecular complexity index is 442. The Morgan fingerprint density at radius 1 is 1.21 bits per heavy atom. The quantitative estimate of drug-likeness (QED) is 0.903. The topological polar surface area (TPSA) is 30.5 Å². The highest BCUT2D eigenvalue weighted by Crippen LogP contribution is 2.28. The molecule has 0 radical (unpaired) electrons. The normalized spacial score (nSPS) is 23.5. The van der Waals surface area contributed by atoms with Gasteiger partial charge in [-0.05, 0) is 43.0 Å². The highest BCUT2D eigenvalue weighted by atomic mass is 16.5. The summed E-state index contributed by atoms with van der Waals surface area (Å²) >= 11 is 0. The van der Waals surface area contributed by atoms with E-state index in [0.717, 1.165) is 29.5 Å². The molecule has 19 heavy (non-hydrogen) atoms. The minimum Gasteiger partial charge on any atom is -0.493 e. The van der Waals surface area contributed by atoms with Gasteiger partial charge in [0.25, 0.3) is 0 Å². The van der Waals surface area contributed by atoms with Crippen molar-refractivity contribution in [3.8, 4) is 11.5 Å². The third-order valence-electron chi connectivity index (χ3n) is 3.63. The van der Waals surface area contributed by atoms with Crippen molar-refractivity contribution in [2.24, 2.45) is 5.92 Å². The first-order valence-corrected chi connectivity index (χ1v) is 6.86. The van der Waals surface area contributed by atoms with E-state index in [1.807, 2.05) is 18.2 Å². The van der Waals surface area contributed by atoms with Crippen LogP contribution in [-0.2, 0) is 0 Å². The zero-order valence-electron chi connectivity index (χ0n) is 12.0. The number of hydrogen-bond donors (Lipinski definition) is 1. The van der Waals surface area contributed by atoms with Crippen molar-refractivity contribution in [3.63, 3.8) is 0 Å². The SMILES string of the molecule is COc1ccc(/C=C/C2CC(C)CCN2)cc1OC. The van der Waals surface area contributed by atoms with E-state index in [1.54, 1.807) is 14.2 Å². The van der Waals surface area contributed by atoms with E-state index in [4.69, 9.17) is 9.47 Å². The maximum atomic E-state index is 5.31. The lowest BCUT2D eigenvalue weighted by atomic mass is 9.94. The molecule has 1 heterocycles. The number of benzene rings is 1. The van der Waals surface area contributed by atoms with Crippen LogP contribution in [0.3, 0.4) is 0 Å². The molecule has 3 nitrogen and oxygen atoms in total. The first-order valence-electron chi connectivity index (χ1n) is 6.86. The Kier molecular flexibility index (Phi) is 4.86. The second-order valence-corrected chi connectivity index (χ2v) is 5.16. The van der Waals surface area contributed by atoms with Gasteiger partial charge in [-0.15, -0.1) is 0 Å². The molecule has 1 aliphatic rings. The average Bonchev–Trinajstić information content (AvgIpc) is 2.45. The number of nitrogens with one attached hydrogen (secondary N) is 1. The van der Waals surface area contributed by atoms with Crippen molar-refractivity contribution >= 4 is 6.08 Å². The molecule has 0 aromatic heterocycles. The monoisotopic (exact) mass is 261 g/mol. The lowest BCUT2D eigenvalue weighted by molar-refractivity contribution is 0.354. The van der Waals surface area contributed by atoms with E-state index in [1.165, 1.54) is 12.8 Å². The Hall–Kier alpha value is -1.48. The highest BCUT2D eigenvalue weighted by molar-refractivity contribution is 5.56. The van der Waals surface area contributed by atoms with E-state index >= 15 is 0 Å². The van der Waals surface area contributed by atoms with Crippen molar-refractivity contribution in [2.45, 2.75) is 25.8 Å². The predicted molar refractivity (Wildman–Crippen MR) is 78.8 cm³/mol. The Labute approximate surface area is 115 Å². The highest BCUT2D eigenvalue weighted by Gasteiger charge is 2.15. The van der Waals surface area contributed by atoms with Crippen LogP contribution < -0.4 is 14.8 Å². The van der Waals surface area contributed by atoms with Gasteiger partial charge in [-0.25, -0.2) is 0 Å². The molecule has 2 rings (SSSR count). The molecule has 1 aromatic carbocycles. The first-order chi connectivity index (χ1) is 9.22. The van der Waals surface area contributed by atoms with Gasteiger partial charge in [-0.2, -0.15) is 0 Å². The molecule has 0 bridgehead atoms. The maximum Gasteiger partial charge on any atom is 0.161 e. The van der Waals surface area contributed by atoms with Gasteiger partial charge in [0.1, 0.15) is 0 Å². The minimum absolute atomic E-state index is 0.483. The van der Waals surface area contributed by atoms with Crippen LogP contribution in [0.2, 0.25) is 0 Å². The van der Waals surface area contributed by atoms with Gasteiger partial charge in [0, 0.05) is 6.04 Å². The molecule has 0 aliphatic carbocycles. The standard InChI is InChI=1S/C16H23NO2/c1-12-8-9-17-14(10-12)6-4-13-5-7-15(18-2)16(11-13)19-3/h4-7,11-12,14,17H,8-10H2,1-3H3/b6-4+. The van der Waals surface area contributed by atoms with Gasteiger partial charge in [0.05, 0.1) is 14.2 Å². The summed E-state index contributed by atoms with van der Waals surface area (Å²) in [4.78, 5) is 0. The van der Waals surface area contributed by atoms with E-state index < -0.39 is 0 Å². The summed E-state index contributed by atoms with van der Waals surface area (Å²) in [6, 6.07) is 6.47. The van der Waals surface area contributed by atoms with E-state index in [-0.39, 0.29) is 0 Å². The zero-order chi connectivity index (χ0) is 13.7. The third kappa shape index (κ3) is 3.74. The molecule has 1 saturated heterocycles. The number of rotatable bonds is 4. The summed E-state index contributed by atoms with van der Waals surface area (Å²) < 4.78 is 10.5. The van der Waals surface area contributed by atoms with E-state index in [2.05, 4.69) is 24.4 Å². The van der Waals surface area contributed by atoms with Crippen molar-refractivity contribution in [1.82, 2.24) is 5.32 Å². The van der Waals surface area contributed by atoms with Crippen molar-refractivity contribution in [1.29, 1.82) is 0 Å². The summed E-state index contributed by atoms with van der Waals surface area (Å²) in [7, 11) is 3.32. The van der Waals surface area contributed by atoms with Crippen LogP contribution in [0.1, 0.15) is 25.3 Å². The molecule has 0 spiro atoms. The first kappa shape index (κ1) is 13.9. The summed E-state index contributed by atoms with van der Waals surface area (Å²) in [5, 5.41) is 3.53. The van der Waals surface area contributed by atoms with Gasteiger partial charge < -0.3 is 14.8 Å². The number of methoxy groups -OCH3 is 2. The maximum absolute atomic E-state index is 5.31. The molecular formula is C16H23NO2. The molecule has 1 N–H and O–H groups in total. The predicted octanol–water partition coefficient (Wildman–Crippen LogP) is 3.11. The molecular weight excluding hydrogens is 238 g/mol. The van der Waals surface area contributed by atoms with Crippen molar-refractivity contribution < 1.29 is 9.47 Å². The lowest BCUT2D eigenvalue weighted by Gasteiger charge is -2.25. The van der Waals surface area contributed by atoms with Crippen LogP contribution >= 0.6 is 0 Å². The minimum atomic E-state index is 0.483. The number of hydrogen-bond acceptors (Lipinski definition) is 3. The van der Waals surface area contributed by atoms with Gasteiger partial charge in [-0.1, -0.05) is 25.1 Å². The van der Waals surface area contributed by atoms with Crippen LogP contribution in [0.25, 0.3) is 6.08 Å². The number of piperidine rings is 1. The molecule has 2 atom stereocenters. The Morgan fingerprint density at radius 3 is 2.68 bits per heavy atom. The molecule has 1 aromatic rings. The largest absolute Gasteiger partial charge is 0.493 e. The van der Waals surface area contributed by atoms with Gasteiger partial charge in [0.2, 0.25) is 0 Å². The van der Waals surface area contributed by atoms with Crippen LogP contribution in [0, 0.1) is 5.92 Å². The number of ether oxygens (including phenoxy) is 2. The fraction of sp³-hybridized carbons (Fsp3) is 0.500. The molecule has 1 fully saturated rings. The molecule has 0 saturated carbocycles. The summed E-state index contributed by atoms with van der Waals surface area (Å²) in [6.07, 6.45) is 6.89. The Morgan fingerprint density at radius 2 is 2.00 bits per heavy atom. The fourth-order valence-corrected chi connectivity index (χ4v) is 2.48. The van der Waals surface area contributed by atoms with Gasteiger partial charge >= 0.3 is 0 Å². The molecule has 2 unspecified atom stereocenters. The fourth-order valence-electron chi connectivity index (χ4n) is 2.48. The van der Waals surface area contributed by atoms with Gasteiger partial charge in [-0.3, -0.25) is 0 Å². The Balaban J connectivity index is 2.05. The second kappa shape index (κ2) is 6.62. The van der Waals surface area contributed by atoms with Crippen LogP contribution in [0.4, 0.5) is 0 Å². The van der Waals surface area contributed by atoms with E-state index in [9.17, 15) is 0 Å². The second-order valence-electron chi connectivity index (χ2n) is 5.16. The molecule has 1 aliphatic heterocycles. The molecule has 3 heteroatoms. The average molecular weight is 261 g/mol. The molecule has 0 amide bonds. The lowest BCUT2D eigenvalue weighted by Crippen LogP contribution is -2.35. The van der Waals surface area contributed by atoms with E-state index in [0.29, 0.717) is 6.04 Å². The van der Waals surface area contributed by atoms with Crippen molar-refractivity contribution in [3.05, 3.63) is 29.8 Å². The summed E-state index contributed by atoms with van der Waals surface area (Å²) in [6.45, 7) is 3.43. The summed E-state index contributed by atoms with van der Waals surface area (Å²) in [5.41, 5.74) is 1.14. The smallest absolute Gasteiger partial charge is 0.161 e. The van der Waals surface area contributed by atoms with Crippen molar-refractivity contribution in [2.75, 3.05) is 20.8 Å².